The van der Waals surface area contributed by atoms with Crippen LogP contribution in [0, 0.1) is 0 Å². The molecule has 0 radical (unpaired) electrons. The van der Waals surface area contributed by atoms with E-state index >= 15 is 0 Å². The molecule has 0 aliphatic carbocycles. The van der Waals surface area contributed by atoms with E-state index in [-0.39, 0.29) is 5.91 Å². The molecule has 0 fully saturated rings. The average molecular weight is 231 g/mol. The Morgan fingerprint density at radius 1 is 1.41 bits per heavy atom. The van der Waals surface area contributed by atoms with Gasteiger partial charge in [-0.1, -0.05) is 12.1 Å². The van der Waals surface area contributed by atoms with Gasteiger partial charge in [0, 0.05) is 31.6 Å². The average Bonchev–Trinajstić information content (AvgIpc) is 2.74. The van der Waals surface area contributed by atoms with Gasteiger partial charge in [0.2, 0.25) is 5.91 Å². The topological polar surface area (TPSA) is 60.0 Å². The Balaban J connectivity index is 2.11. The number of nitrogens with zero attached hydrogens (tertiary/aromatic N) is 1. The fourth-order valence-electron chi connectivity index (χ4n) is 2.01. The number of nitrogens with one attached hydrogen (secondary N) is 1. The molecule has 0 bridgehead atoms. The molecule has 4 nitrogen and oxygen atoms in total. The standard InChI is InChI=1S/C13H17N3O/c1-15-12(17)6-3-8-16-9-7-10-4-2-5-11(14)13(10)16/h2,4-5,7,9H,3,6,8,14H2,1H3,(H,15,17). The lowest BCUT2D eigenvalue weighted by molar-refractivity contribution is -0.120. The number of aryl methyl sites for hydroxylation is 1. The van der Waals surface area contributed by atoms with Crippen LogP contribution in [-0.2, 0) is 11.3 Å². The van der Waals surface area contributed by atoms with E-state index in [0.717, 1.165) is 29.6 Å². The zero-order valence-corrected chi connectivity index (χ0v) is 9.94. The van der Waals surface area contributed by atoms with Gasteiger partial charge in [-0.2, -0.15) is 0 Å². The molecular formula is C13H17N3O. The van der Waals surface area contributed by atoms with Crippen LogP contribution in [-0.4, -0.2) is 17.5 Å². The maximum Gasteiger partial charge on any atom is 0.219 e. The first-order valence-corrected chi connectivity index (χ1v) is 5.76. The van der Waals surface area contributed by atoms with E-state index in [0.29, 0.717) is 6.42 Å². The van der Waals surface area contributed by atoms with Gasteiger partial charge in [-0.25, -0.2) is 0 Å². The lowest BCUT2D eigenvalue weighted by Crippen LogP contribution is -2.17. The molecule has 0 unspecified atom stereocenters. The van der Waals surface area contributed by atoms with Crippen molar-refractivity contribution in [2.24, 2.45) is 0 Å². The van der Waals surface area contributed by atoms with Gasteiger partial charge in [0.15, 0.2) is 0 Å². The van der Waals surface area contributed by atoms with Crippen molar-refractivity contribution in [2.45, 2.75) is 19.4 Å². The number of carbonyl (C=O) groups is 1. The predicted molar refractivity (Wildman–Crippen MR) is 69.7 cm³/mol. The molecule has 4 heteroatoms. The van der Waals surface area contributed by atoms with Gasteiger partial charge < -0.3 is 15.6 Å². The third-order valence-electron chi connectivity index (χ3n) is 2.90. The summed E-state index contributed by atoms with van der Waals surface area (Å²) in [7, 11) is 1.66. The number of hydrogen-bond donors (Lipinski definition) is 2. The minimum atomic E-state index is 0.0782. The molecule has 0 saturated heterocycles. The van der Waals surface area contributed by atoms with Crippen LogP contribution in [0.4, 0.5) is 5.69 Å². The molecule has 1 aromatic carbocycles. The van der Waals surface area contributed by atoms with Gasteiger partial charge >= 0.3 is 0 Å². The van der Waals surface area contributed by atoms with Crippen molar-refractivity contribution in [1.29, 1.82) is 0 Å². The van der Waals surface area contributed by atoms with Crippen LogP contribution < -0.4 is 11.1 Å². The maximum atomic E-state index is 11.1. The Bertz CT molecular complexity index is 530. The van der Waals surface area contributed by atoms with Crippen LogP contribution in [0.1, 0.15) is 12.8 Å². The molecule has 1 amide bonds. The fraction of sp³-hybridized carbons (Fsp3) is 0.308. The normalized spacial score (nSPS) is 10.6. The SMILES string of the molecule is CNC(=O)CCCn1ccc2cccc(N)c21. The number of para-hydroxylation sites is 1. The van der Waals surface area contributed by atoms with E-state index < -0.39 is 0 Å². The number of benzene rings is 1. The first kappa shape index (κ1) is 11.5. The first-order chi connectivity index (χ1) is 8.22. The molecule has 2 rings (SSSR count). The minimum Gasteiger partial charge on any atom is -0.397 e. The molecule has 0 saturated carbocycles. The number of fused-ring (bicyclic) bond motifs is 1. The Hall–Kier alpha value is -1.97. The van der Waals surface area contributed by atoms with Crippen molar-refractivity contribution in [3.63, 3.8) is 0 Å². The summed E-state index contributed by atoms with van der Waals surface area (Å²) in [6.07, 6.45) is 3.38. The number of rotatable bonds is 4. The van der Waals surface area contributed by atoms with Crippen molar-refractivity contribution < 1.29 is 4.79 Å². The summed E-state index contributed by atoms with van der Waals surface area (Å²) in [4.78, 5) is 11.1. The van der Waals surface area contributed by atoms with Crippen molar-refractivity contribution in [3.8, 4) is 0 Å². The smallest absolute Gasteiger partial charge is 0.219 e. The number of nitrogen functional groups attached to an aromatic ring is 1. The molecule has 0 aliphatic rings. The highest BCUT2D eigenvalue weighted by atomic mass is 16.1. The van der Waals surface area contributed by atoms with Crippen molar-refractivity contribution >= 4 is 22.5 Å². The number of hydrogen-bond acceptors (Lipinski definition) is 2. The molecule has 1 heterocycles. The monoisotopic (exact) mass is 231 g/mol. The molecule has 1 aromatic heterocycles. The first-order valence-electron chi connectivity index (χ1n) is 5.76. The third kappa shape index (κ3) is 2.41. The van der Waals surface area contributed by atoms with Gasteiger partial charge in [-0.3, -0.25) is 4.79 Å². The molecule has 17 heavy (non-hydrogen) atoms. The highest BCUT2D eigenvalue weighted by Crippen LogP contribution is 2.22. The minimum absolute atomic E-state index is 0.0782. The van der Waals surface area contributed by atoms with Crippen LogP contribution >= 0.6 is 0 Å². The maximum absolute atomic E-state index is 11.1. The molecule has 0 aliphatic heterocycles. The van der Waals surface area contributed by atoms with Crippen LogP contribution in [0.2, 0.25) is 0 Å². The van der Waals surface area contributed by atoms with Gasteiger partial charge in [0.05, 0.1) is 11.2 Å². The number of nitrogens with two attached hydrogens (primary N) is 1. The quantitative estimate of drug-likeness (QED) is 0.787. The third-order valence-corrected chi connectivity index (χ3v) is 2.90. The van der Waals surface area contributed by atoms with E-state index in [1.807, 2.05) is 30.5 Å². The fourth-order valence-corrected chi connectivity index (χ4v) is 2.01. The zero-order chi connectivity index (χ0) is 12.3. The Labute approximate surface area is 100 Å². The Morgan fingerprint density at radius 2 is 2.24 bits per heavy atom. The predicted octanol–water partition coefficient (Wildman–Crippen LogP) is 1.75. The summed E-state index contributed by atoms with van der Waals surface area (Å²) < 4.78 is 2.10. The van der Waals surface area contributed by atoms with Crippen LogP contribution in [0.3, 0.4) is 0 Å². The molecule has 3 N–H and O–H groups in total. The Morgan fingerprint density at radius 3 is 3.00 bits per heavy atom. The van der Waals surface area contributed by atoms with E-state index in [2.05, 4.69) is 9.88 Å². The summed E-state index contributed by atoms with van der Waals surface area (Å²) >= 11 is 0. The lowest BCUT2D eigenvalue weighted by atomic mass is 10.2. The van der Waals surface area contributed by atoms with Crippen LogP contribution in [0.25, 0.3) is 10.9 Å². The van der Waals surface area contributed by atoms with Gasteiger partial charge in [-0.15, -0.1) is 0 Å². The summed E-state index contributed by atoms with van der Waals surface area (Å²) in [5.41, 5.74) is 7.80. The molecule has 90 valence electrons. The molecular weight excluding hydrogens is 214 g/mol. The van der Waals surface area contributed by atoms with Crippen molar-refractivity contribution in [3.05, 3.63) is 30.5 Å². The number of carbonyl (C=O) groups excluding carboxylic acids is 1. The van der Waals surface area contributed by atoms with Gasteiger partial charge in [0.1, 0.15) is 0 Å². The second-order valence-electron chi connectivity index (χ2n) is 4.07. The second kappa shape index (κ2) is 4.91. The van der Waals surface area contributed by atoms with Crippen LogP contribution in [0.5, 0.6) is 0 Å². The van der Waals surface area contributed by atoms with E-state index in [1.165, 1.54) is 0 Å². The van der Waals surface area contributed by atoms with Gasteiger partial charge in [-0.05, 0) is 18.6 Å². The zero-order valence-electron chi connectivity index (χ0n) is 9.94. The van der Waals surface area contributed by atoms with E-state index in [1.54, 1.807) is 7.05 Å². The number of aromatic nitrogens is 1. The Kier molecular flexibility index (Phi) is 3.32. The summed E-state index contributed by atoms with van der Waals surface area (Å²) in [6.45, 7) is 0.811. The van der Waals surface area contributed by atoms with Crippen molar-refractivity contribution in [2.75, 3.05) is 12.8 Å². The van der Waals surface area contributed by atoms with Crippen molar-refractivity contribution in [1.82, 2.24) is 9.88 Å². The number of amides is 1. The molecule has 0 spiro atoms. The van der Waals surface area contributed by atoms with E-state index in [4.69, 9.17) is 5.73 Å². The molecule has 2 aromatic rings. The second-order valence-corrected chi connectivity index (χ2v) is 4.07. The lowest BCUT2D eigenvalue weighted by Gasteiger charge is -2.07. The molecule has 0 atom stereocenters. The number of anilines is 1. The summed E-state index contributed by atoms with van der Waals surface area (Å²) in [5.74, 6) is 0.0782. The summed E-state index contributed by atoms with van der Waals surface area (Å²) in [5, 5.41) is 3.76. The largest absolute Gasteiger partial charge is 0.397 e. The summed E-state index contributed by atoms with van der Waals surface area (Å²) in [6, 6.07) is 7.94. The highest BCUT2D eigenvalue weighted by molar-refractivity contribution is 5.90. The highest BCUT2D eigenvalue weighted by Gasteiger charge is 2.04. The van der Waals surface area contributed by atoms with Crippen LogP contribution in [0.15, 0.2) is 30.5 Å². The van der Waals surface area contributed by atoms with Gasteiger partial charge in [0.25, 0.3) is 0 Å². The van der Waals surface area contributed by atoms with E-state index in [9.17, 15) is 4.79 Å².